The quantitative estimate of drug-likeness (QED) is 0.922. The lowest BCUT2D eigenvalue weighted by molar-refractivity contribution is 0.389. The van der Waals surface area contributed by atoms with Crippen LogP contribution < -0.4 is 5.73 Å². The van der Waals surface area contributed by atoms with E-state index in [0.717, 1.165) is 19.3 Å². The molecule has 2 nitrogen and oxygen atoms in total. The van der Waals surface area contributed by atoms with E-state index in [9.17, 15) is 8.60 Å². The smallest absolute Gasteiger partial charge is 0.131 e. The summed E-state index contributed by atoms with van der Waals surface area (Å²) in [4.78, 5) is 0. The van der Waals surface area contributed by atoms with Crippen molar-refractivity contribution in [1.82, 2.24) is 0 Å². The van der Waals surface area contributed by atoms with Crippen molar-refractivity contribution in [3.8, 4) is 0 Å². The van der Waals surface area contributed by atoms with Crippen LogP contribution in [0.2, 0.25) is 0 Å². The summed E-state index contributed by atoms with van der Waals surface area (Å²) in [6.45, 7) is 2.39. The number of hydrogen-bond acceptors (Lipinski definition) is 2. The Bertz CT molecular complexity index is 463. The fourth-order valence-corrected chi connectivity index (χ4v) is 4.53. The van der Waals surface area contributed by atoms with E-state index in [1.165, 1.54) is 6.42 Å². The van der Waals surface area contributed by atoms with Gasteiger partial charge < -0.3 is 5.73 Å². The molecular weight excluding hydrogens is 261 g/mol. The van der Waals surface area contributed by atoms with Gasteiger partial charge in [0.1, 0.15) is 5.82 Å². The van der Waals surface area contributed by atoms with Crippen LogP contribution in [0.4, 0.5) is 4.39 Å². The monoisotopic (exact) mass is 283 g/mol. The standard InChI is InChI=1S/C15H22FNOS/c1-11-4-2-7-14(8-11)19(18)10-13-6-3-5-12(9-17)15(13)16/h3,5-6,11,14H,2,4,7-10,17H2,1H3. The third-order valence-corrected chi connectivity index (χ3v) is 5.70. The van der Waals surface area contributed by atoms with Crippen LogP contribution in [-0.4, -0.2) is 9.46 Å². The van der Waals surface area contributed by atoms with Crippen LogP contribution in [0.1, 0.15) is 43.7 Å². The van der Waals surface area contributed by atoms with Gasteiger partial charge in [0.25, 0.3) is 0 Å². The van der Waals surface area contributed by atoms with Crippen molar-refractivity contribution >= 4 is 10.8 Å². The maximum Gasteiger partial charge on any atom is 0.131 e. The molecule has 0 amide bonds. The Morgan fingerprint density at radius 1 is 1.37 bits per heavy atom. The van der Waals surface area contributed by atoms with Gasteiger partial charge in [0.2, 0.25) is 0 Å². The molecule has 2 N–H and O–H groups in total. The van der Waals surface area contributed by atoms with Crippen LogP contribution >= 0.6 is 0 Å². The first kappa shape index (κ1) is 14.7. The van der Waals surface area contributed by atoms with E-state index in [4.69, 9.17) is 5.73 Å². The van der Waals surface area contributed by atoms with Crippen molar-refractivity contribution in [3.63, 3.8) is 0 Å². The third kappa shape index (κ3) is 3.63. The molecule has 1 aliphatic rings. The summed E-state index contributed by atoms with van der Waals surface area (Å²) in [6.07, 6.45) is 4.38. The van der Waals surface area contributed by atoms with E-state index in [1.807, 2.05) is 0 Å². The number of hydrogen-bond donors (Lipinski definition) is 1. The molecular formula is C15H22FNOS. The highest BCUT2D eigenvalue weighted by atomic mass is 32.2. The molecule has 0 saturated heterocycles. The molecule has 0 heterocycles. The van der Waals surface area contributed by atoms with Crippen molar-refractivity contribution in [3.05, 3.63) is 35.1 Å². The molecule has 0 aliphatic heterocycles. The zero-order valence-corrected chi connectivity index (χ0v) is 12.2. The molecule has 3 unspecified atom stereocenters. The van der Waals surface area contributed by atoms with Crippen LogP contribution in [0.5, 0.6) is 0 Å². The van der Waals surface area contributed by atoms with Gasteiger partial charge in [-0.15, -0.1) is 0 Å². The molecule has 4 heteroatoms. The van der Waals surface area contributed by atoms with Gasteiger partial charge in [0, 0.05) is 33.7 Å². The zero-order valence-electron chi connectivity index (χ0n) is 11.4. The maximum absolute atomic E-state index is 14.1. The third-order valence-electron chi connectivity index (χ3n) is 3.94. The number of nitrogens with two attached hydrogens (primary N) is 1. The molecule has 0 bridgehead atoms. The van der Waals surface area contributed by atoms with Crippen LogP contribution in [-0.2, 0) is 23.1 Å². The molecule has 1 aromatic carbocycles. The van der Waals surface area contributed by atoms with Crippen LogP contribution in [0.25, 0.3) is 0 Å². The molecule has 1 fully saturated rings. The fourth-order valence-electron chi connectivity index (χ4n) is 2.79. The van der Waals surface area contributed by atoms with E-state index in [2.05, 4.69) is 6.92 Å². The lowest BCUT2D eigenvalue weighted by Crippen LogP contribution is -2.24. The SMILES string of the molecule is CC1CCCC(S(=O)Cc2cccc(CN)c2F)C1. The molecule has 2 rings (SSSR count). The minimum absolute atomic E-state index is 0.187. The lowest BCUT2D eigenvalue weighted by atomic mass is 9.91. The van der Waals surface area contributed by atoms with Gasteiger partial charge in [-0.1, -0.05) is 38.0 Å². The van der Waals surface area contributed by atoms with Gasteiger partial charge in [-0.25, -0.2) is 4.39 Å². The van der Waals surface area contributed by atoms with Crippen molar-refractivity contribution < 1.29 is 8.60 Å². The highest BCUT2D eigenvalue weighted by molar-refractivity contribution is 7.84. The molecule has 19 heavy (non-hydrogen) atoms. The Morgan fingerprint density at radius 2 is 2.11 bits per heavy atom. The van der Waals surface area contributed by atoms with Gasteiger partial charge in [0.05, 0.1) is 5.75 Å². The summed E-state index contributed by atoms with van der Waals surface area (Å²) >= 11 is 0. The van der Waals surface area contributed by atoms with Gasteiger partial charge in [-0.3, -0.25) is 4.21 Å². The molecule has 0 aromatic heterocycles. The lowest BCUT2D eigenvalue weighted by Gasteiger charge is -2.26. The average Bonchev–Trinajstić information content (AvgIpc) is 2.41. The summed E-state index contributed by atoms with van der Waals surface area (Å²) in [7, 11) is -0.979. The number of rotatable bonds is 4. The second-order valence-corrected chi connectivity index (χ2v) is 7.23. The van der Waals surface area contributed by atoms with Crippen LogP contribution in [0.15, 0.2) is 18.2 Å². The van der Waals surface area contributed by atoms with Crippen molar-refractivity contribution in [2.75, 3.05) is 0 Å². The maximum atomic E-state index is 14.1. The van der Waals surface area contributed by atoms with Gasteiger partial charge in [0.15, 0.2) is 0 Å². The van der Waals surface area contributed by atoms with E-state index in [-0.39, 0.29) is 17.6 Å². The number of halogens is 1. The van der Waals surface area contributed by atoms with Gasteiger partial charge >= 0.3 is 0 Å². The minimum atomic E-state index is -0.979. The van der Waals surface area contributed by atoms with Crippen LogP contribution in [0, 0.1) is 11.7 Å². The molecule has 106 valence electrons. The Kier molecular flexibility index (Phi) is 5.11. The van der Waals surface area contributed by atoms with Crippen molar-refractivity contribution in [2.24, 2.45) is 11.7 Å². The Morgan fingerprint density at radius 3 is 2.79 bits per heavy atom. The molecule has 0 radical (unpaired) electrons. The summed E-state index contributed by atoms with van der Waals surface area (Å²) in [5.74, 6) is 0.682. The minimum Gasteiger partial charge on any atom is -0.326 e. The summed E-state index contributed by atoms with van der Waals surface area (Å²) in [5, 5.41) is 0.227. The molecule has 1 aliphatic carbocycles. The summed E-state index contributed by atoms with van der Waals surface area (Å²) in [6, 6.07) is 5.20. The Labute approximate surface area is 117 Å². The van der Waals surface area contributed by atoms with E-state index < -0.39 is 10.8 Å². The Balaban J connectivity index is 2.06. The highest BCUT2D eigenvalue weighted by Crippen LogP contribution is 2.28. The normalized spacial score (nSPS) is 25.2. The predicted molar refractivity (Wildman–Crippen MR) is 77.6 cm³/mol. The molecule has 0 spiro atoms. The van der Waals surface area contributed by atoms with E-state index >= 15 is 0 Å². The van der Waals surface area contributed by atoms with Crippen molar-refractivity contribution in [2.45, 2.75) is 50.2 Å². The van der Waals surface area contributed by atoms with E-state index in [1.54, 1.807) is 18.2 Å². The summed E-state index contributed by atoms with van der Waals surface area (Å²) in [5.41, 5.74) is 6.54. The predicted octanol–water partition coefficient (Wildman–Crippen LogP) is 3.11. The first-order valence-electron chi connectivity index (χ1n) is 6.95. The second-order valence-electron chi connectivity index (χ2n) is 5.51. The Hall–Kier alpha value is -0.740. The largest absolute Gasteiger partial charge is 0.326 e. The molecule has 1 saturated carbocycles. The van der Waals surface area contributed by atoms with Crippen molar-refractivity contribution in [1.29, 1.82) is 0 Å². The van der Waals surface area contributed by atoms with Gasteiger partial charge in [-0.2, -0.15) is 0 Å². The number of benzene rings is 1. The summed E-state index contributed by atoms with van der Waals surface area (Å²) < 4.78 is 26.4. The fraction of sp³-hybridized carbons (Fsp3) is 0.600. The molecule has 1 aromatic rings. The molecule has 3 atom stereocenters. The average molecular weight is 283 g/mol. The van der Waals surface area contributed by atoms with E-state index in [0.29, 0.717) is 22.8 Å². The topological polar surface area (TPSA) is 43.1 Å². The first-order valence-corrected chi connectivity index (χ1v) is 8.33. The van der Waals surface area contributed by atoms with Gasteiger partial charge in [-0.05, 0) is 18.8 Å². The van der Waals surface area contributed by atoms with Crippen LogP contribution in [0.3, 0.4) is 0 Å². The highest BCUT2D eigenvalue weighted by Gasteiger charge is 2.24. The first-order chi connectivity index (χ1) is 9.11. The zero-order chi connectivity index (χ0) is 13.8. The second kappa shape index (κ2) is 6.62.